The van der Waals surface area contributed by atoms with Crippen LogP contribution in [-0.4, -0.2) is 85.2 Å². The Balaban J connectivity index is 1.93. The molecule has 2 aliphatic rings. The first kappa shape index (κ1) is 26.5. The van der Waals surface area contributed by atoms with Crippen LogP contribution in [0.2, 0.25) is 0 Å². The zero-order valence-corrected chi connectivity index (χ0v) is 21.4. The Morgan fingerprint density at radius 1 is 1.11 bits per heavy atom. The number of aryl methyl sites for hydroxylation is 1. The second-order valence-electron chi connectivity index (χ2n) is 8.91. The summed E-state index contributed by atoms with van der Waals surface area (Å²) in [6.07, 6.45) is 1.72. The number of rotatable bonds is 8. The number of carbonyl (C=O) groups excluding carboxylic acids is 3. The summed E-state index contributed by atoms with van der Waals surface area (Å²) < 4.78 is 5.48. The lowest BCUT2D eigenvalue weighted by Crippen LogP contribution is -2.51. The lowest BCUT2D eigenvalue weighted by atomic mass is 9.91. The lowest BCUT2D eigenvalue weighted by Gasteiger charge is -2.38. The first-order chi connectivity index (χ1) is 16.9. The van der Waals surface area contributed by atoms with E-state index in [9.17, 15) is 14.4 Å². The summed E-state index contributed by atoms with van der Waals surface area (Å²) in [5.41, 5.74) is 3.02. The first-order valence-corrected chi connectivity index (χ1v) is 12.7. The third kappa shape index (κ3) is 6.33. The molecule has 2 heterocycles. The Bertz CT molecular complexity index is 947. The van der Waals surface area contributed by atoms with Crippen molar-refractivity contribution in [3.63, 3.8) is 0 Å². The standard InChI is InChI=1S/C26H39N5O4/c1-5-13-27-25(33)30-15-10-14-29(16-17-30)18-21-22(24(32)35-7-3)23(28-26(34)31(21)6-2)20-12-9-8-11-19(20)4/h8-9,11-12,23H,5-7,10,13-18H2,1-4H3,(H,27,33)(H,28,34)/t23-/m1/s1. The van der Waals surface area contributed by atoms with Crippen LogP contribution in [0.5, 0.6) is 0 Å². The number of amides is 4. The van der Waals surface area contributed by atoms with Crippen molar-refractivity contribution in [1.29, 1.82) is 0 Å². The number of likely N-dealkylation sites (N-methyl/N-ethyl adjacent to an activating group) is 1. The van der Waals surface area contributed by atoms with E-state index < -0.39 is 12.0 Å². The van der Waals surface area contributed by atoms with Crippen LogP contribution in [0.3, 0.4) is 0 Å². The normalized spacial score (nSPS) is 19.3. The van der Waals surface area contributed by atoms with Crippen molar-refractivity contribution >= 4 is 18.0 Å². The minimum Gasteiger partial charge on any atom is -0.463 e. The molecule has 0 bridgehead atoms. The average Bonchev–Trinajstić information content (AvgIpc) is 3.08. The van der Waals surface area contributed by atoms with Gasteiger partial charge in [-0.15, -0.1) is 0 Å². The Morgan fingerprint density at radius 2 is 1.89 bits per heavy atom. The summed E-state index contributed by atoms with van der Waals surface area (Å²) >= 11 is 0. The van der Waals surface area contributed by atoms with Gasteiger partial charge in [-0.05, 0) is 44.7 Å². The monoisotopic (exact) mass is 485 g/mol. The van der Waals surface area contributed by atoms with E-state index in [1.807, 2.05) is 49.9 Å². The quantitative estimate of drug-likeness (QED) is 0.552. The highest BCUT2D eigenvalue weighted by Crippen LogP contribution is 2.33. The smallest absolute Gasteiger partial charge is 0.338 e. The largest absolute Gasteiger partial charge is 0.463 e. The number of ether oxygens (including phenoxy) is 1. The molecule has 1 aromatic rings. The molecule has 0 saturated carbocycles. The lowest BCUT2D eigenvalue weighted by molar-refractivity contribution is -0.139. The predicted octanol–water partition coefficient (Wildman–Crippen LogP) is 3.03. The van der Waals surface area contributed by atoms with Gasteiger partial charge in [0.2, 0.25) is 0 Å². The minimum atomic E-state index is -0.580. The fourth-order valence-electron chi connectivity index (χ4n) is 4.69. The van der Waals surface area contributed by atoms with Gasteiger partial charge < -0.3 is 20.3 Å². The highest BCUT2D eigenvalue weighted by molar-refractivity contribution is 5.95. The molecule has 1 aromatic carbocycles. The summed E-state index contributed by atoms with van der Waals surface area (Å²) in [5.74, 6) is -0.412. The van der Waals surface area contributed by atoms with E-state index in [0.29, 0.717) is 50.5 Å². The van der Waals surface area contributed by atoms with Gasteiger partial charge in [-0.1, -0.05) is 31.2 Å². The maximum atomic E-state index is 13.3. The van der Waals surface area contributed by atoms with Gasteiger partial charge in [0.1, 0.15) is 0 Å². The molecule has 1 atom stereocenters. The molecule has 9 nitrogen and oxygen atoms in total. The molecule has 1 saturated heterocycles. The van der Waals surface area contributed by atoms with E-state index in [-0.39, 0.29) is 18.7 Å². The maximum Gasteiger partial charge on any atom is 0.338 e. The van der Waals surface area contributed by atoms with E-state index >= 15 is 0 Å². The Kier molecular flexibility index (Phi) is 9.54. The fraction of sp³-hybridized carbons (Fsp3) is 0.577. The van der Waals surface area contributed by atoms with Gasteiger partial charge in [-0.25, -0.2) is 14.4 Å². The molecular weight excluding hydrogens is 446 g/mol. The van der Waals surface area contributed by atoms with E-state index in [1.54, 1.807) is 11.8 Å². The summed E-state index contributed by atoms with van der Waals surface area (Å²) in [4.78, 5) is 44.6. The first-order valence-electron chi connectivity index (χ1n) is 12.7. The van der Waals surface area contributed by atoms with Crippen LogP contribution in [0.4, 0.5) is 9.59 Å². The van der Waals surface area contributed by atoms with Gasteiger partial charge in [0, 0.05) is 51.5 Å². The van der Waals surface area contributed by atoms with Crippen LogP contribution >= 0.6 is 0 Å². The van der Waals surface area contributed by atoms with Crippen molar-refractivity contribution in [2.24, 2.45) is 0 Å². The van der Waals surface area contributed by atoms with Crippen molar-refractivity contribution in [3.05, 3.63) is 46.7 Å². The Labute approximate surface area is 208 Å². The molecule has 3 rings (SSSR count). The summed E-state index contributed by atoms with van der Waals surface area (Å²) in [7, 11) is 0. The number of benzene rings is 1. The molecule has 0 aromatic heterocycles. The van der Waals surface area contributed by atoms with Crippen molar-refractivity contribution in [1.82, 2.24) is 25.3 Å². The van der Waals surface area contributed by atoms with Crippen LogP contribution in [0.15, 0.2) is 35.5 Å². The number of nitrogens with zero attached hydrogens (tertiary/aromatic N) is 3. The molecule has 4 amide bonds. The second-order valence-corrected chi connectivity index (χ2v) is 8.91. The molecule has 9 heteroatoms. The highest BCUT2D eigenvalue weighted by atomic mass is 16.5. The molecule has 0 radical (unpaired) electrons. The average molecular weight is 486 g/mol. The van der Waals surface area contributed by atoms with E-state index in [1.165, 1.54) is 0 Å². The Morgan fingerprint density at radius 3 is 2.57 bits per heavy atom. The number of hydrogen-bond donors (Lipinski definition) is 2. The van der Waals surface area contributed by atoms with Gasteiger partial charge in [0.15, 0.2) is 0 Å². The van der Waals surface area contributed by atoms with Gasteiger partial charge in [-0.3, -0.25) is 9.80 Å². The number of esters is 1. The predicted molar refractivity (Wildman–Crippen MR) is 135 cm³/mol. The zero-order valence-electron chi connectivity index (χ0n) is 21.4. The fourth-order valence-corrected chi connectivity index (χ4v) is 4.69. The zero-order chi connectivity index (χ0) is 25.4. The third-order valence-electron chi connectivity index (χ3n) is 6.52. The summed E-state index contributed by atoms with van der Waals surface area (Å²) in [6, 6.07) is 6.93. The Hall–Kier alpha value is -3.07. The molecule has 2 aliphatic heterocycles. The van der Waals surface area contributed by atoms with E-state index in [4.69, 9.17) is 4.74 Å². The molecule has 0 unspecified atom stereocenters. The number of urea groups is 2. The maximum absolute atomic E-state index is 13.3. The number of nitrogens with one attached hydrogen (secondary N) is 2. The molecule has 2 N–H and O–H groups in total. The van der Waals surface area contributed by atoms with Gasteiger partial charge in [0.25, 0.3) is 0 Å². The number of carbonyl (C=O) groups is 3. The van der Waals surface area contributed by atoms with Gasteiger partial charge in [0.05, 0.1) is 18.2 Å². The molecular formula is C26H39N5O4. The molecule has 35 heavy (non-hydrogen) atoms. The van der Waals surface area contributed by atoms with Crippen LogP contribution in [-0.2, 0) is 9.53 Å². The van der Waals surface area contributed by atoms with Crippen LogP contribution in [0.1, 0.15) is 50.8 Å². The van der Waals surface area contributed by atoms with Crippen LogP contribution in [0.25, 0.3) is 0 Å². The summed E-state index contributed by atoms with van der Waals surface area (Å²) in [6.45, 7) is 12.2. The molecule has 0 spiro atoms. The van der Waals surface area contributed by atoms with Crippen LogP contribution < -0.4 is 10.6 Å². The van der Waals surface area contributed by atoms with Gasteiger partial charge >= 0.3 is 18.0 Å². The van der Waals surface area contributed by atoms with E-state index in [2.05, 4.69) is 15.5 Å². The molecule has 1 fully saturated rings. The molecule has 0 aliphatic carbocycles. The van der Waals surface area contributed by atoms with Crippen LogP contribution in [0, 0.1) is 6.92 Å². The van der Waals surface area contributed by atoms with Gasteiger partial charge in [-0.2, -0.15) is 0 Å². The van der Waals surface area contributed by atoms with E-state index in [0.717, 1.165) is 30.5 Å². The third-order valence-corrected chi connectivity index (χ3v) is 6.52. The second kappa shape index (κ2) is 12.6. The van der Waals surface area contributed by atoms with Crippen molar-refractivity contribution < 1.29 is 19.1 Å². The number of hydrogen-bond acceptors (Lipinski definition) is 5. The van der Waals surface area contributed by atoms with Crippen molar-refractivity contribution in [3.8, 4) is 0 Å². The highest BCUT2D eigenvalue weighted by Gasteiger charge is 2.38. The summed E-state index contributed by atoms with van der Waals surface area (Å²) in [5, 5.41) is 5.98. The molecule has 192 valence electrons. The topological polar surface area (TPSA) is 94.2 Å². The SMILES string of the molecule is CCCNC(=O)N1CCCN(CC2=C(C(=O)OCC)[C@@H](c3ccccc3C)NC(=O)N2CC)CC1. The minimum absolute atomic E-state index is 0.0352. The van der Waals surface area contributed by atoms with Crippen molar-refractivity contribution in [2.45, 2.75) is 46.6 Å². The van der Waals surface area contributed by atoms with Crippen molar-refractivity contribution in [2.75, 3.05) is 52.4 Å².